The molecule has 1 aliphatic rings. The minimum atomic E-state index is -4.07. The first-order valence-corrected chi connectivity index (χ1v) is 9.32. The van der Waals surface area contributed by atoms with Gasteiger partial charge in [0.2, 0.25) is 0 Å². The van der Waals surface area contributed by atoms with E-state index in [0.717, 1.165) is 10.4 Å². The molecular weight excluding hydrogens is 345 g/mol. The van der Waals surface area contributed by atoms with E-state index >= 15 is 0 Å². The van der Waals surface area contributed by atoms with Gasteiger partial charge in [-0.1, -0.05) is 18.2 Å². The average molecular weight is 363 g/mol. The summed E-state index contributed by atoms with van der Waals surface area (Å²) in [5.74, 6) is -1.79. The third kappa shape index (κ3) is 2.89. The zero-order chi connectivity index (χ0) is 18.4. The summed E-state index contributed by atoms with van der Waals surface area (Å²) in [6, 6.07) is 7.20. The summed E-state index contributed by atoms with van der Waals surface area (Å²) >= 11 is 0. The van der Waals surface area contributed by atoms with E-state index in [2.05, 4.69) is 0 Å². The van der Waals surface area contributed by atoms with Crippen LogP contribution in [0.15, 0.2) is 35.2 Å². The molecule has 132 valence electrons. The molecule has 25 heavy (non-hydrogen) atoms. The molecule has 0 aromatic heterocycles. The van der Waals surface area contributed by atoms with Crippen molar-refractivity contribution in [3.63, 3.8) is 0 Å². The van der Waals surface area contributed by atoms with Crippen LogP contribution in [0.5, 0.6) is 0 Å². The number of sulfonamides is 1. The molecule has 0 saturated carbocycles. The van der Waals surface area contributed by atoms with Crippen LogP contribution >= 0.6 is 0 Å². The number of anilines is 1. The molecule has 1 heterocycles. The van der Waals surface area contributed by atoms with Crippen molar-refractivity contribution < 1.29 is 22.7 Å². The second-order valence-corrected chi connectivity index (χ2v) is 8.00. The van der Waals surface area contributed by atoms with Crippen molar-refractivity contribution >= 4 is 21.7 Å². The van der Waals surface area contributed by atoms with Crippen molar-refractivity contribution in [1.29, 1.82) is 0 Å². The Balaban J connectivity index is 2.20. The lowest BCUT2D eigenvalue weighted by Gasteiger charge is -2.31. The van der Waals surface area contributed by atoms with Crippen molar-refractivity contribution in [2.75, 3.05) is 10.8 Å². The van der Waals surface area contributed by atoms with Crippen LogP contribution in [0.2, 0.25) is 0 Å². The minimum absolute atomic E-state index is 0.0607. The molecule has 0 saturated heterocycles. The number of carboxylic acids is 1. The van der Waals surface area contributed by atoms with E-state index in [1.165, 1.54) is 12.1 Å². The maximum Gasteiger partial charge on any atom is 0.335 e. The number of carboxylic acid groups (broad SMARTS) is 1. The number of hydrogen-bond donors (Lipinski definition) is 1. The Hall–Kier alpha value is -2.41. The summed E-state index contributed by atoms with van der Waals surface area (Å²) in [5.41, 5.74) is 1.54. The van der Waals surface area contributed by atoms with E-state index in [-0.39, 0.29) is 22.7 Å². The summed E-state index contributed by atoms with van der Waals surface area (Å²) < 4.78 is 41.8. The molecule has 1 N–H and O–H groups in total. The fourth-order valence-corrected chi connectivity index (χ4v) is 5.05. The maximum atomic E-state index is 14.3. The van der Waals surface area contributed by atoms with E-state index in [1.54, 1.807) is 26.0 Å². The summed E-state index contributed by atoms with van der Waals surface area (Å²) in [7, 11) is -4.07. The molecule has 3 rings (SSSR count). The first-order valence-electron chi connectivity index (χ1n) is 7.88. The largest absolute Gasteiger partial charge is 0.478 e. The first-order chi connectivity index (χ1) is 11.7. The maximum absolute atomic E-state index is 14.3. The molecule has 0 radical (unpaired) electrons. The molecule has 0 amide bonds. The summed E-state index contributed by atoms with van der Waals surface area (Å²) in [5, 5.41) is 9.29. The fourth-order valence-electron chi connectivity index (χ4n) is 3.27. The molecule has 0 spiro atoms. The molecule has 2 aromatic rings. The number of hydrogen-bond acceptors (Lipinski definition) is 3. The van der Waals surface area contributed by atoms with Crippen molar-refractivity contribution in [3.8, 4) is 0 Å². The van der Waals surface area contributed by atoms with Gasteiger partial charge in [-0.05, 0) is 55.5 Å². The molecular formula is C18H18FNO4S. The Morgan fingerprint density at radius 3 is 2.60 bits per heavy atom. The van der Waals surface area contributed by atoms with Gasteiger partial charge in [0, 0.05) is 6.54 Å². The highest BCUT2D eigenvalue weighted by Crippen LogP contribution is 2.35. The molecule has 5 nitrogen and oxygen atoms in total. The number of rotatable bonds is 3. The zero-order valence-electron chi connectivity index (χ0n) is 13.9. The molecule has 0 atom stereocenters. The number of benzene rings is 2. The van der Waals surface area contributed by atoms with E-state index in [0.29, 0.717) is 29.5 Å². The van der Waals surface area contributed by atoms with E-state index in [4.69, 9.17) is 0 Å². The Labute approximate surface area is 145 Å². The van der Waals surface area contributed by atoms with Gasteiger partial charge < -0.3 is 5.11 Å². The van der Waals surface area contributed by atoms with Crippen LogP contribution in [-0.2, 0) is 16.4 Å². The van der Waals surface area contributed by atoms with Crippen LogP contribution in [0, 0.1) is 19.7 Å². The average Bonchev–Trinajstić information content (AvgIpc) is 2.54. The summed E-state index contributed by atoms with van der Waals surface area (Å²) in [4.78, 5) is 11.3. The Bertz CT molecular complexity index is 969. The Morgan fingerprint density at radius 1 is 1.20 bits per heavy atom. The molecule has 0 bridgehead atoms. The van der Waals surface area contributed by atoms with Crippen LogP contribution in [0.4, 0.5) is 10.1 Å². The van der Waals surface area contributed by atoms with Gasteiger partial charge in [0.15, 0.2) is 0 Å². The van der Waals surface area contributed by atoms with Gasteiger partial charge in [-0.2, -0.15) is 0 Å². The number of carbonyl (C=O) groups is 1. The van der Waals surface area contributed by atoms with Crippen molar-refractivity contribution in [3.05, 3.63) is 58.4 Å². The second-order valence-electron chi connectivity index (χ2n) is 6.17. The van der Waals surface area contributed by atoms with Crippen LogP contribution in [-0.4, -0.2) is 26.0 Å². The Morgan fingerprint density at radius 2 is 1.92 bits per heavy atom. The van der Waals surface area contributed by atoms with Crippen LogP contribution in [0.25, 0.3) is 0 Å². The van der Waals surface area contributed by atoms with Crippen molar-refractivity contribution in [2.45, 2.75) is 31.6 Å². The van der Waals surface area contributed by atoms with E-state index < -0.39 is 21.8 Å². The fraction of sp³-hybridized carbons (Fsp3) is 0.278. The topological polar surface area (TPSA) is 74.7 Å². The third-order valence-corrected chi connectivity index (χ3v) is 6.39. The van der Waals surface area contributed by atoms with Crippen molar-refractivity contribution in [1.82, 2.24) is 0 Å². The standard InChI is InChI=1S/C18H18FNO4S/c1-11-9-12(2)16(10-14(11)18(21)22)25(23,24)20-8-4-6-13-5-3-7-15(19)17(13)20/h3,5,7,9-10H,4,6,8H2,1-2H3,(H,21,22). The van der Waals surface area contributed by atoms with Crippen LogP contribution < -0.4 is 4.31 Å². The van der Waals surface area contributed by atoms with E-state index in [9.17, 15) is 22.7 Å². The molecule has 0 aliphatic carbocycles. The summed E-state index contributed by atoms with van der Waals surface area (Å²) in [6.45, 7) is 3.38. The molecule has 2 aromatic carbocycles. The van der Waals surface area contributed by atoms with Gasteiger partial charge >= 0.3 is 5.97 Å². The SMILES string of the molecule is Cc1cc(C)c(S(=O)(=O)N2CCCc3cccc(F)c32)cc1C(=O)O. The van der Waals surface area contributed by atoms with Gasteiger partial charge in [0.05, 0.1) is 16.1 Å². The highest BCUT2D eigenvalue weighted by molar-refractivity contribution is 7.92. The Kier molecular flexibility index (Phi) is 4.28. The summed E-state index contributed by atoms with van der Waals surface area (Å²) in [6.07, 6.45) is 1.18. The number of nitrogens with zero attached hydrogens (tertiary/aromatic N) is 1. The molecule has 0 unspecified atom stereocenters. The lowest BCUT2D eigenvalue weighted by atomic mass is 10.0. The van der Waals surface area contributed by atoms with Gasteiger partial charge in [0.25, 0.3) is 10.0 Å². The number of fused-ring (bicyclic) bond motifs is 1. The van der Waals surface area contributed by atoms with Crippen LogP contribution in [0.1, 0.15) is 33.5 Å². The number of aryl methyl sites for hydroxylation is 3. The highest BCUT2D eigenvalue weighted by Gasteiger charge is 2.33. The molecule has 1 aliphatic heterocycles. The number of para-hydroxylation sites is 1. The predicted molar refractivity (Wildman–Crippen MR) is 92.1 cm³/mol. The lowest BCUT2D eigenvalue weighted by Crippen LogP contribution is -2.36. The molecule has 0 fully saturated rings. The molecule has 7 heteroatoms. The second kappa shape index (κ2) is 6.15. The van der Waals surface area contributed by atoms with Gasteiger partial charge in [-0.3, -0.25) is 4.31 Å². The zero-order valence-corrected chi connectivity index (χ0v) is 14.7. The van der Waals surface area contributed by atoms with Gasteiger partial charge in [-0.25, -0.2) is 17.6 Å². The number of aromatic carboxylic acids is 1. The van der Waals surface area contributed by atoms with Crippen LogP contribution in [0.3, 0.4) is 0 Å². The normalized spacial score (nSPS) is 14.3. The predicted octanol–water partition coefficient (Wildman–Crippen LogP) is 3.28. The first kappa shape index (κ1) is 17.4. The minimum Gasteiger partial charge on any atom is -0.478 e. The van der Waals surface area contributed by atoms with Gasteiger partial charge in [-0.15, -0.1) is 0 Å². The van der Waals surface area contributed by atoms with Gasteiger partial charge in [0.1, 0.15) is 5.82 Å². The third-order valence-electron chi connectivity index (χ3n) is 4.45. The quantitative estimate of drug-likeness (QED) is 0.908. The number of halogens is 1. The van der Waals surface area contributed by atoms with Crippen molar-refractivity contribution in [2.24, 2.45) is 0 Å². The lowest BCUT2D eigenvalue weighted by molar-refractivity contribution is 0.0696. The smallest absolute Gasteiger partial charge is 0.335 e. The van der Waals surface area contributed by atoms with E-state index in [1.807, 2.05) is 0 Å². The highest BCUT2D eigenvalue weighted by atomic mass is 32.2. The monoisotopic (exact) mass is 363 g/mol.